The molecule has 6 heteroatoms. The standard InChI is InChI=1S/C15H15ClN4S/c1-10-5-6-17-14(16)12(10)19-13(11-4-3-9-21-11)15-18-7-8-20(15)2/h3-9,13,19H,1-2H3. The third kappa shape index (κ3) is 2.80. The summed E-state index contributed by atoms with van der Waals surface area (Å²) in [5, 5.41) is 6.03. The van der Waals surface area contributed by atoms with Crippen LogP contribution in [0.3, 0.4) is 0 Å². The zero-order valence-electron chi connectivity index (χ0n) is 11.7. The highest BCUT2D eigenvalue weighted by Gasteiger charge is 2.21. The van der Waals surface area contributed by atoms with Gasteiger partial charge in [0.25, 0.3) is 0 Å². The summed E-state index contributed by atoms with van der Waals surface area (Å²) in [6.45, 7) is 2.01. The van der Waals surface area contributed by atoms with Gasteiger partial charge >= 0.3 is 0 Å². The van der Waals surface area contributed by atoms with E-state index in [-0.39, 0.29) is 6.04 Å². The maximum atomic E-state index is 6.24. The van der Waals surface area contributed by atoms with Crippen LogP contribution < -0.4 is 5.32 Å². The second kappa shape index (κ2) is 5.87. The average molecular weight is 319 g/mol. The lowest BCUT2D eigenvalue weighted by Crippen LogP contribution is -2.16. The number of halogens is 1. The molecule has 3 aromatic heterocycles. The van der Waals surface area contributed by atoms with Crippen molar-refractivity contribution in [3.63, 3.8) is 0 Å². The monoisotopic (exact) mass is 318 g/mol. The van der Waals surface area contributed by atoms with Crippen LogP contribution in [0.25, 0.3) is 0 Å². The molecule has 1 unspecified atom stereocenters. The molecule has 0 aliphatic heterocycles. The Bertz CT molecular complexity index is 716. The molecule has 0 amide bonds. The molecule has 0 aliphatic carbocycles. The van der Waals surface area contributed by atoms with E-state index in [0.29, 0.717) is 5.15 Å². The van der Waals surface area contributed by atoms with Gasteiger partial charge in [-0.25, -0.2) is 9.97 Å². The third-order valence-electron chi connectivity index (χ3n) is 3.35. The first kappa shape index (κ1) is 14.1. The summed E-state index contributed by atoms with van der Waals surface area (Å²) >= 11 is 7.93. The summed E-state index contributed by atoms with van der Waals surface area (Å²) in [5.74, 6) is 0.941. The summed E-state index contributed by atoms with van der Waals surface area (Å²) in [6, 6.07) is 6.02. The molecule has 3 aromatic rings. The Kier molecular flexibility index (Phi) is 3.94. The van der Waals surface area contributed by atoms with Crippen molar-refractivity contribution < 1.29 is 0 Å². The number of aryl methyl sites for hydroxylation is 2. The van der Waals surface area contributed by atoms with Crippen LogP contribution in [0.1, 0.15) is 22.3 Å². The van der Waals surface area contributed by atoms with Gasteiger partial charge in [-0.2, -0.15) is 0 Å². The number of nitrogens with zero attached hydrogens (tertiary/aromatic N) is 3. The van der Waals surface area contributed by atoms with Gasteiger partial charge < -0.3 is 9.88 Å². The van der Waals surface area contributed by atoms with Crippen molar-refractivity contribution in [3.05, 3.63) is 63.6 Å². The highest BCUT2D eigenvalue weighted by molar-refractivity contribution is 7.10. The smallest absolute Gasteiger partial charge is 0.152 e. The van der Waals surface area contributed by atoms with Gasteiger partial charge in [-0.05, 0) is 30.0 Å². The quantitative estimate of drug-likeness (QED) is 0.738. The largest absolute Gasteiger partial charge is 0.368 e. The average Bonchev–Trinajstić information content (AvgIpc) is 3.11. The van der Waals surface area contributed by atoms with E-state index in [9.17, 15) is 0 Å². The molecule has 0 aromatic carbocycles. The second-order valence-electron chi connectivity index (χ2n) is 4.78. The van der Waals surface area contributed by atoms with Gasteiger partial charge in [0.05, 0.1) is 5.69 Å². The molecular formula is C15H15ClN4S. The van der Waals surface area contributed by atoms with E-state index in [1.165, 1.54) is 4.88 Å². The zero-order chi connectivity index (χ0) is 14.8. The van der Waals surface area contributed by atoms with Gasteiger partial charge in [0.2, 0.25) is 0 Å². The van der Waals surface area contributed by atoms with Gasteiger partial charge in [-0.1, -0.05) is 17.7 Å². The summed E-state index contributed by atoms with van der Waals surface area (Å²) in [5.41, 5.74) is 1.91. The van der Waals surface area contributed by atoms with E-state index in [1.54, 1.807) is 23.7 Å². The fraction of sp³-hybridized carbons (Fsp3) is 0.200. The van der Waals surface area contributed by atoms with Gasteiger partial charge in [0, 0.05) is 30.5 Å². The fourth-order valence-corrected chi connectivity index (χ4v) is 3.25. The Morgan fingerprint density at radius 2 is 2.14 bits per heavy atom. The normalized spacial score (nSPS) is 12.3. The van der Waals surface area contributed by atoms with Crippen LogP contribution in [-0.2, 0) is 7.05 Å². The van der Waals surface area contributed by atoms with Gasteiger partial charge in [-0.3, -0.25) is 0 Å². The molecule has 3 heterocycles. The number of hydrogen-bond acceptors (Lipinski definition) is 4. The molecule has 1 N–H and O–H groups in total. The van der Waals surface area contributed by atoms with Crippen LogP contribution in [0.5, 0.6) is 0 Å². The van der Waals surface area contributed by atoms with Gasteiger partial charge in [0.1, 0.15) is 11.9 Å². The van der Waals surface area contributed by atoms with E-state index in [2.05, 4.69) is 26.7 Å². The molecule has 0 aliphatic rings. The van der Waals surface area contributed by atoms with Crippen LogP contribution in [0.2, 0.25) is 5.15 Å². The Labute approximate surface area is 132 Å². The number of rotatable bonds is 4. The second-order valence-corrected chi connectivity index (χ2v) is 6.12. The Balaban J connectivity index is 2.03. The number of imidazole rings is 1. The number of aromatic nitrogens is 3. The first-order valence-corrected chi connectivity index (χ1v) is 7.81. The van der Waals surface area contributed by atoms with E-state index < -0.39 is 0 Å². The first-order valence-electron chi connectivity index (χ1n) is 6.55. The summed E-state index contributed by atoms with van der Waals surface area (Å²) in [7, 11) is 1.99. The van der Waals surface area contributed by atoms with Crippen LogP contribution in [-0.4, -0.2) is 14.5 Å². The Morgan fingerprint density at radius 1 is 1.29 bits per heavy atom. The molecule has 0 fully saturated rings. The van der Waals surface area contributed by atoms with Crippen molar-refractivity contribution in [2.45, 2.75) is 13.0 Å². The topological polar surface area (TPSA) is 42.7 Å². The fourth-order valence-electron chi connectivity index (χ4n) is 2.22. The predicted octanol–water partition coefficient (Wildman–Crippen LogP) is 4.04. The molecule has 0 saturated heterocycles. The van der Waals surface area contributed by atoms with Crippen LogP contribution in [0, 0.1) is 6.92 Å². The van der Waals surface area contributed by atoms with Crippen LogP contribution >= 0.6 is 22.9 Å². The van der Waals surface area contributed by atoms with Crippen molar-refractivity contribution in [2.75, 3.05) is 5.32 Å². The highest BCUT2D eigenvalue weighted by atomic mass is 35.5. The summed E-state index contributed by atoms with van der Waals surface area (Å²) < 4.78 is 2.01. The number of thiophene rings is 1. The minimum Gasteiger partial charge on any atom is -0.368 e. The molecule has 0 bridgehead atoms. The van der Waals surface area contributed by atoms with Crippen LogP contribution in [0.4, 0.5) is 5.69 Å². The molecule has 0 radical (unpaired) electrons. The SMILES string of the molecule is Cc1ccnc(Cl)c1NC(c1cccs1)c1nccn1C. The van der Waals surface area contributed by atoms with E-state index in [4.69, 9.17) is 11.6 Å². The molecule has 1 atom stereocenters. The van der Waals surface area contributed by atoms with Crippen molar-refractivity contribution in [1.29, 1.82) is 0 Å². The lowest BCUT2D eigenvalue weighted by atomic mass is 10.2. The molecule has 0 spiro atoms. The number of anilines is 1. The van der Waals surface area contributed by atoms with Gasteiger partial charge in [-0.15, -0.1) is 11.3 Å². The van der Waals surface area contributed by atoms with Crippen molar-refractivity contribution in [2.24, 2.45) is 7.05 Å². The van der Waals surface area contributed by atoms with E-state index >= 15 is 0 Å². The Hall–Kier alpha value is -1.85. The lowest BCUT2D eigenvalue weighted by molar-refractivity contribution is 0.755. The number of pyridine rings is 1. The maximum Gasteiger partial charge on any atom is 0.152 e. The first-order chi connectivity index (χ1) is 10.2. The highest BCUT2D eigenvalue weighted by Crippen LogP contribution is 2.32. The molecule has 21 heavy (non-hydrogen) atoms. The molecule has 108 valence electrons. The molecule has 3 rings (SSSR count). The number of hydrogen-bond donors (Lipinski definition) is 1. The summed E-state index contributed by atoms with van der Waals surface area (Å²) in [6.07, 6.45) is 5.45. The predicted molar refractivity (Wildman–Crippen MR) is 87.0 cm³/mol. The van der Waals surface area contributed by atoms with Gasteiger partial charge in [0.15, 0.2) is 5.15 Å². The molecular weight excluding hydrogens is 304 g/mol. The van der Waals surface area contributed by atoms with Crippen molar-refractivity contribution in [3.8, 4) is 0 Å². The maximum absolute atomic E-state index is 6.24. The summed E-state index contributed by atoms with van der Waals surface area (Å²) in [4.78, 5) is 9.81. The number of nitrogens with one attached hydrogen (secondary N) is 1. The van der Waals surface area contributed by atoms with E-state index in [0.717, 1.165) is 17.1 Å². The van der Waals surface area contributed by atoms with Crippen LogP contribution in [0.15, 0.2) is 42.2 Å². The zero-order valence-corrected chi connectivity index (χ0v) is 13.3. The Morgan fingerprint density at radius 3 is 2.76 bits per heavy atom. The third-order valence-corrected chi connectivity index (χ3v) is 4.57. The van der Waals surface area contributed by atoms with Crippen molar-refractivity contribution >= 4 is 28.6 Å². The molecule has 0 saturated carbocycles. The molecule has 4 nitrogen and oxygen atoms in total. The minimum absolute atomic E-state index is 0.0506. The van der Waals surface area contributed by atoms with Crippen molar-refractivity contribution in [1.82, 2.24) is 14.5 Å². The van der Waals surface area contributed by atoms with E-state index in [1.807, 2.05) is 36.9 Å². The lowest BCUT2D eigenvalue weighted by Gasteiger charge is -2.20. The minimum atomic E-state index is -0.0506.